The van der Waals surface area contributed by atoms with Gasteiger partial charge in [-0.05, 0) is 11.8 Å². The number of hydrogen-bond donors (Lipinski definition) is 0. The largest absolute Gasteiger partial charge is 0.0651 e. The van der Waals surface area contributed by atoms with Crippen LogP contribution in [0.5, 0.6) is 0 Å². The molecular weight excluding hydrogens is 108 g/mol. The van der Waals surface area contributed by atoms with Gasteiger partial charge in [-0.15, -0.1) is 0 Å². The molecule has 0 spiro atoms. The fraction of sp³-hybridized carbons (Fsp3) is 1.00. The van der Waals surface area contributed by atoms with Crippen molar-refractivity contribution in [3.63, 3.8) is 0 Å². The van der Waals surface area contributed by atoms with Crippen molar-refractivity contribution < 1.29 is 0 Å². The SMILES string of the molecule is CCC(C)C1CCCC1. The van der Waals surface area contributed by atoms with Gasteiger partial charge in [-0.3, -0.25) is 0 Å². The van der Waals surface area contributed by atoms with Crippen LogP contribution in [-0.2, 0) is 0 Å². The summed E-state index contributed by atoms with van der Waals surface area (Å²) in [5.41, 5.74) is 0. The second-order valence-corrected chi connectivity index (χ2v) is 3.43. The van der Waals surface area contributed by atoms with E-state index in [1.54, 1.807) is 0 Å². The zero-order chi connectivity index (χ0) is 6.69. The maximum Gasteiger partial charge on any atom is -0.0389 e. The Morgan fingerprint density at radius 2 is 1.89 bits per heavy atom. The van der Waals surface area contributed by atoms with Gasteiger partial charge in [-0.1, -0.05) is 46.0 Å². The molecule has 54 valence electrons. The highest BCUT2D eigenvalue weighted by Gasteiger charge is 2.19. The van der Waals surface area contributed by atoms with Crippen LogP contribution in [0.4, 0.5) is 0 Å². The Kier molecular flexibility index (Phi) is 2.56. The van der Waals surface area contributed by atoms with Crippen LogP contribution >= 0.6 is 0 Å². The topological polar surface area (TPSA) is 0 Å². The molecule has 1 fully saturated rings. The second kappa shape index (κ2) is 3.24. The lowest BCUT2D eigenvalue weighted by molar-refractivity contribution is 0.357. The first-order valence-corrected chi connectivity index (χ1v) is 4.34. The monoisotopic (exact) mass is 126 g/mol. The first-order valence-electron chi connectivity index (χ1n) is 4.34. The summed E-state index contributed by atoms with van der Waals surface area (Å²) in [6, 6.07) is 0. The van der Waals surface area contributed by atoms with Crippen LogP contribution in [0.1, 0.15) is 46.0 Å². The minimum absolute atomic E-state index is 0.993. The van der Waals surface area contributed by atoms with Gasteiger partial charge in [0.05, 0.1) is 0 Å². The molecule has 1 unspecified atom stereocenters. The zero-order valence-electron chi connectivity index (χ0n) is 6.69. The van der Waals surface area contributed by atoms with Gasteiger partial charge in [0.1, 0.15) is 0 Å². The highest BCUT2D eigenvalue weighted by atomic mass is 14.2. The Morgan fingerprint density at radius 3 is 2.33 bits per heavy atom. The van der Waals surface area contributed by atoms with E-state index >= 15 is 0 Å². The van der Waals surface area contributed by atoms with Gasteiger partial charge in [-0.2, -0.15) is 0 Å². The van der Waals surface area contributed by atoms with E-state index in [4.69, 9.17) is 0 Å². The lowest BCUT2D eigenvalue weighted by Crippen LogP contribution is -2.05. The Labute approximate surface area is 58.7 Å². The average Bonchev–Trinajstić information content (AvgIpc) is 2.37. The Morgan fingerprint density at radius 1 is 1.33 bits per heavy atom. The third kappa shape index (κ3) is 1.70. The van der Waals surface area contributed by atoms with E-state index in [9.17, 15) is 0 Å². The molecule has 1 rings (SSSR count). The lowest BCUT2D eigenvalue weighted by atomic mass is 9.91. The molecule has 0 aromatic rings. The van der Waals surface area contributed by atoms with Crippen molar-refractivity contribution in [1.29, 1.82) is 0 Å². The van der Waals surface area contributed by atoms with Crippen LogP contribution in [0.15, 0.2) is 0 Å². The molecule has 0 heterocycles. The van der Waals surface area contributed by atoms with Crippen molar-refractivity contribution >= 4 is 0 Å². The highest BCUT2D eigenvalue weighted by Crippen LogP contribution is 2.32. The Balaban J connectivity index is 2.24. The maximum atomic E-state index is 2.40. The molecule has 0 nitrogen and oxygen atoms in total. The fourth-order valence-corrected chi connectivity index (χ4v) is 1.86. The van der Waals surface area contributed by atoms with Crippen molar-refractivity contribution in [2.24, 2.45) is 11.8 Å². The van der Waals surface area contributed by atoms with E-state index in [0.717, 1.165) is 11.8 Å². The molecule has 0 radical (unpaired) electrons. The molecule has 1 aliphatic rings. The molecule has 0 aliphatic heterocycles. The molecule has 1 atom stereocenters. The van der Waals surface area contributed by atoms with Crippen LogP contribution in [0.25, 0.3) is 0 Å². The Bertz CT molecular complexity index is 70.1. The first-order chi connectivity index (χ1) is 4.34. The van der Waals surface area contributed by atoms with Crippen molar-refractivity contribution in [2.45, 2.75) is 46.0 Å². The maximum absolute atomic E-state index is 2.40. The molecule has 1 saturated carbocycles. The molecule has 9 heavy (non-hydrogen) atoms. The third-order valence-corrected chi connectivity index (χ3v) is 2.85. The predicted molar refractivity (Wildman–Crippen MR) is 41.4 cm³/mol. The molecule has 0 heteroatoms. The average molecular weight is 126 g/mol. The fourth-order valence-electron chi connectivity index (χ4n) is 1.86. The summed E-state index contributed by atoms with van der Waals surface area (Å²) < 4.78 is 0. The summed E-state index contributed by atoms with van der Waals surface area (Å²) >= 11 is 0. The summed E-state index contributed by atoms with van der Waals surface area (Å²) in [6.45, 7) is 4.71. The molecule has 0 aromatic carbocycles. The summed E-state index contributed by atoms with van der Waals surface area (Å²) in [4.78, 5) is 0. The summed E-state index contributed by atoms with van der Waals surface area (Å²) in [5, 5.41) is 0. The molecule has 0 bridgehead atoms. The van der Waals surface area contributed by atoms with Gasteiger partial charge in [-0.25, -0.2) is 0 Å². The molecule has 0 amide bonds. The van der Waals surface area contributed by atoms with Crippen LogP contribution in [-0.4, -0.2) is 0 Å². The van der Waals surface area contributed by atoms with Crippen molar-refractivity contribution in [3.8, 4) is 0 Å². The van der Waals surface area contributed by atoms with E-state index in [1.165, 1.54) is 32.1 Å². The summed E-state index contributed by atoms with van der Waals surface area (Å²) in [5.74, 6) is 2.07. The van der Waals surface area contributed by atoms with Crippen molar-refractivity contribution in [2.75, 3.05) is 0 Å². The smallest absolute Gasteiger partial charge is 0.0389 e. The van der Waals surface area contributed by atoms with E-state index in [2.05, 4.69) is 13.8 Å². The molecular formula is C9H18. The molecule has 1 aliphatic carbocycles. The van der Waals surface area contributed by atoms with Crippen LogP contribution < -0.4 is 0 Å². The van der Waals surface area contributed by atoms with Gasteiger partial charge in [0, 0.05) is 0 Å². The molecule has 0 saturated heterocycles. The first kappa shape index (κ1) is 7.11. The Hall–Kier alpha value is 0. The lowest BCUT2D eigenvalue weighted by Gasteiger charge is -2.15. The number of hydrogen-bond acceptors (Lipinski definition) is 0. The van der Waals surface area contributed by atoms with E-state index in [-0.39, 0.29) is 0 Å². The molecule has 0 aromatic heterocycles. The summed E-state index contributed by atoms with van der Waals surface area (Å²) in [7, 11) is 0. The van der Waals surface area contributed by atoms with E-state index < -0.39 is 0 Å². The van der Waals surface area contributed by atoms with E-state index in [0.29, 0.717) is 0 Å². The third-order valence-electron chi connectivity index (χ3n) is 2.85. The van der Waals surface area contributed by atoms with Crippen molar-refractivity contribution in [1.82, 2.24) is 0 Å². The van der Waals surface area contributed by atoms with Gasteiger partial charge in [0.15, 0.2) is 0 Å². The normalized spacial score (nSPS) is 24.7. The minimum Gasteiger partial charge on any atom is -0.0651 e. The van der Waals surface area contributed by atoms with Gasteiger partial charge >= 0.3 is 0 Å². The minimum atomic E-state index is 0.993. The highest BCUT2D eigenvalue weighted by molar-refractivity contribution is 4.71. The number of rotatable bonds is 2. The molecule has 0 N–H and O–H groups in total. The standard InChI is InChI=1S/C9H18/c1-3-8(2)9-6-4-5-7-9/h8-9H,3-7H2,1-2H3. The quantitative estimate of drug-likeness (QED) is 0.533. The zero-order valence-corrected chi connectivity index (χ0v) is 6.69. The van der Waals surface area contributed by atoms with Crippen LogP contribution in [0.3, 0.4) is 0 Å². The van der Waals surface area contributed by atoms with Gasteiger partial charge < -0.3 is 0 Å². The predicted octanol–water partition coefficient (Wildman–Crippen LogP) is 3.22. The second-order valence-electron chi connectivity index (χ2n) is 3.43. The van der Waals surface area contributed by atoms with Gasteiger partial charge in [0.25, 0.3) is 0 Å². The van der Waals surface area contributed by atoms with E-state index in [1.807, 2.05) is 0 Å². The summed E-state index contributed by atoms with van der Waals surface area (Å²) in [6.07, 6.45) is 7.39. The van der Waals surface area contributed by atoms with Gasteiger partial charge in [0.2, 0.25) is 0 Å². The van der Waals surface area contributed by atoms with Crippen molar-refractivity contribution in [3.05, 3.63) is 0 Å². The van der Waals surface area contributed by atoms with Crippen LogP contribution in [0.2, 0.25) is 0 Å². The van der Waals surface area contributed by atoms with Crippen LogP contribution in [0, 0.1) is 11.8 Å².